The maximum Gasteiger partial charge on any atom is 0.0821 e. The van der Waals surface area contributed by atoms with Crippen molar-refractivity contribution in [1.82, 2.24) is 0 Å². The molecular weight excluding hydrogens is 312 g/mol. The summed E-state index contributed by atoms with van der Waals surface area (Å²) in [5.74, 6) is 0. The van der Waals surface area contributed by atoms with Gasteiger partial charge in [-0.2, -0.15) is 0 Å². The molecule has 5 heteroatoms. The van der Waals surface area contributed by atoms with Crippen molar-refractivity contribution in [2.75, 3.05) is 33.4 Å². The molecule has 1 atom stereocenters. The number of methoxy groups -OCH3 is 1. The number of hydrogen-bond acceptors (Lipinski definition) is 4. The van der Waals surface area contributed by atoms with Crippen molar-refractivity contribution in [2.24, 2.45) is 11.5 Å². The molecule has 1 unspecified atom stereocenters. The first-order valence-corrected chi connectivity index (χ1v) is 8.83. The summed E-state index contributed by atoms with van der Waals surface area (Å²) >= 11 is 5.80. The zero-order valence-electron chi connectivity index (χ0n) is 14.6. The highest BCUT2D eigenvalue weighted by Crippen LogP contribution is 2.23. The van der Waals surface area contributed by atoms with Gasteiger partial charge in [0, 0.05) is 25.3 Å². The summed E-state index contributed by atoms with van der Waals surface area (Å²) in [6, 6.07) is 7.75. The van der Waals surface area contributed by atoms with Crippen molar-refractivity contribution in [3.8, 4) is 0 Å². The van der Waals surface area contributed by atoms with Crippen molar-refractivity contribution in [3.63, 3.8) is 0 Å². The number of unbranched alkanes of at least 4 members (excludes halogenated alkanes) is 1. The van der Waals surface area contributed by atoms with E-state index in [1.807, 2.05) is 24.3 Å². The van der Waals surface area contributed by atoms with Crippen LogP contribution in [-0.4, -0.2) is 33.4 Å². The van der Waals surface area contributed by atoms with E-state index in [-0.39, 0.29) is 6.10 Å². The quantitative estimate of drug-likeness (QED) is 0.597. The highest BCUT2D eigenvalue weighted by molar-refractivity contribution is 6.30. The Bertz CT molecular complexity index is 355. The van der Waals surface area contributed by atoms with Gasteiger partial charge in [-0.1, -0.05) is 30.7 Å². The summed E-state index contributed by atoms with van der Waals surface area (Å²) in [5, 5.41) is 0.752. The van der Waals surface area contributed by atoms with Crippen LogP contribution in [0.15, 0.2) is 24.3 Å². The van der Waals surface area contributed by atoms with Gasteiger partial charge in [0.15, 0.2) is 0 Å². The number of benzene rings is 1. The van der Waals surface area contributed by atoms with E-state index in [1.165, 1.54) is 0 Å². The monoisotopic (exact) mass is 344 g/mol. The predicted octanol–water partition coefficient (Wildman–Crippen LogP) is 3.92. The first-order chi connectivity index (χ1) is 11.2. The average Bonchev–Trinajstić information content (AvgIpc) is 2.57. The lowest BCUT2D eigenvalue weighted by Crippen LogP contribution is -2.05. The highest BCUT2D eigenvalue weighted by atomic mass is 35.5. The molecular formula is C18H33ClN2O2. The molecule has 0 spiro atoms. The zero-order chi connectivity index (χ0) is 17.3. The second-order valence-electron chi connectivity index (χ2n) is 5.31. The molecule has 0 aliphatic heterocycles. The molecule has 0 radical (unpaired) electrons. The molecule has 4 N–H and O–H groups in total. The van der Waals surface area contributed by atoms with E-state index in [4.69, 9.17) is 32.5 Å². The highest BCUT2D eigenvalue weighted by Gasteiger charge is 2.08. The molecule has 4 nitrogen and oxygen atoms in total. The lowest BCUT2D eigenvalue weighted by Gasteiger charge is -2.15. The fraction of sp³-hybridized carbons (Fsp3) is 0.667. The van der Waals surface area contributed by atoms with Gasteiger partial charge in [0.1, 0.15) is 0 Å². The van der Waals surface area contributed by atoms with Gasteiger partial charge in [-0.15, -0.1) is 0 Å². The van der Waals surface area contributed by atoms with Gasteiger partial charge in [0.2, 0.25) is 0 Å². The van der Waals surface area contributed by atoms with Crippen molar-refractivity contribution < 1.29 is 9.47 Å². The minimum atomic E-state index is 0.135. The van der Waals surface area contributed by atoms with Gasteiger partial charge in [-0.3, -0.25) is 0 Å². The molecule has 0 fully saturated rings. The lowest BCUT2D eigenvalue weighted by molar-refractivity contribution is 0.0944. The van der Waals surface area contributed by atoms with E-state index in [1.54, 1.807) is 7.11 Å². The van der Waals surface area contributed by atoms with Gasteiger partial charge >= 0.3 is 0 Å². The van der Waals surface area contributed by atoms with Crippen LogP contribution in [0.2, 0.25) is 5.02 Å². The minimum Gasteiger partial charge on any atom is -0.381 e. The van der Waals surface area contributed by atoms with E-state index in [2.05, 4.69) is 6.92 Å². The summed E-state index contributed by atoms with van der Waals surface area (Å²) in [4.78, 5) is 0. The maximum absolute atomic E-state index is 5.80. The van der Waals surface area contributed by atoms with Crippen LogP contribution in [0.3, 0.4) is 0 Å². The standard InChI is InChI=1S/C11H16ClNO.C7H17NO/c1-14-11(3-2-8-13)9-4-6-10(12)7-5-9;1-2-6-9-7-4-3-5-8/h4-7,11H,2-3,8,13H2,1H3;2-8H2,1H3. The topological polar surface area (TPSA) is 70.5 Å². The van der Waals surface area contributed by atoms with Crippen molar-refractivity contribution in [1.29, 1.82) is 0 Å². The van der Waals surface area contributed by atoms with E-state index < -0.39 is 0 Å². The van der Waals surface area contributed by atoms with E-state index >= 15 is 0 Å². The Labute approximate surface area is 146 Å². The van der Waals surface area contributed by atoms with Crippen LogP contribution in [0.1, 0.15) is 50.7 Å². The molecule has 0 saturated carbocycles. The van der Waals surface area contributed by atoms with E-state index in [0.717, 1.165) is 62.4 Å². The normalized spacial score (nSPS) is 11.7. The second kappa shape index (κ2) is 16.2. The average molecular weight is 345 g/mol. The summed E-state index contributed by atoms with van der Waals surface area (Å²) in [6.07, 6.45) is 5.37. The Morgan fingerprint density at radius 3 is 2.17 bits per heavy atom. The molecule has 23 heavy (non-hydrogen) atoms. The lowest BCUT2D eigenvalue weighted by atomic mass is 10.1. The molecule has 0 aromatic heterocycles. The summed E-state index contributed by atoms with van der Waals surface area (Å²) in [6.45, 7) is 5.38. The Morgan fingerprint density at radius 1 is 1.00 bits per heavy atom. The number of halogens is 1. The van der Waals surface area contributed by atoms with Gasteiger partial charge in [0.25, 0.3) is 0 Å². The Kier molecular flexibility index (Phi) is 15.8. The van der Waals surface area contributed by atoms with Crippen molar-refractivity contribution >= 4 is 11.6 Å². The molecule has 0 heterocycles. The van der Waals surface area contributed by atoms with Crippen molar-refractivity contribution in [3.05, 3.63) is 34.9 Å². The van der Waals surface area contributed by atoms with Gasteiger partial charge in [0.05, 0.1) is 6.10 Å². The van der Waals surface area contributed by atoms with Gasteiger partial charge in [-0.25, -0.2) is 0 Å². The third-order valence-corrected chi connectivity index (χ3v) is 3.54. The van der Waals surface area contributed by atoms with Crippen LogP contribution in [0, 0.1) is 0 Å². The van der Waals surface area contributed by atoms with Gasteiger partial charge < -0.3 is 20.9 Å². The number of nitrogens with two attached hydrogens (primary N) is 2. The second-order valence-corrected chi connectivity index (χ2v) is 5.75. The minimum absolute atomic E-state index is 0.135. The first-order valence-electron chi connectivity index (χ1n) is 8.45. The number of rotatable bonds is 11. The predicted molar refractivity (Wildman–Crippen MR) is 98.9 cm³/mol. The summed E-state index contributed by atoms with van der Waals surface area (Å²) in [5.41, 5.74) is 11.9. The Balaban J connectivity index is 0.000000468. The van der Waals surface area contributed by atoms with E-state index in [9.17, 15) is 0 Å². The maximum atomic E-state index is 5.80. The van der Waals surface area contributed by atoms with Crippen LogP contribution in [0.5, 0.6) is 0 Å². The van der Waals surface area contributed by atoms with Crippen molar-refractivity contribution in [2.45, 2.75) is 45.1 Å². The Morgan fingerprint density at radius 2 is 1.65 bits per heavy atom. The summed E-state index contributed by atoms with van der Waals surface area (Å²) in [7, 11) is 1.72. The van der Waals surface area contributed by atoms with Crippen LogP contribution in [0.4, 0.5) is 0 Å². The molecule has 0 aliphatic carbocycles. The summed E-state index contributed by atoms with van der Waals surface area (Å²) < 4.78 is 10.6. The number of hydrogen-bond donors (Lipinski definition) is 2. The fourth-order valence-electron chi connectivity index (χ4n) is 2.00. The molecule has 0 saturated heterocycles. The van der Waals surface area contributed by atoms with Crippen LogP contribution < -0.4 is 11.5 Å². The third kappa shape index (κ3) is 12.4. The van der Waals surface area contributed by atoms with Crippen LogP contribution >= 0.6 is 11.6 Å². The first kappa shape index (κ1) is 22.4. The zero-order valence-corrected chi connectivity index (χ0v) is 15.4. The smallest absolute Gasteiger partial charge is 0.0821 e. The fourth-order valence-corrected chi connectivity index (χ4v) is 2.12. The molecule has 1 aromatic rings. The Hall–Kier alpha value is -0.650. The molecule has 1 aromatic carbocycles. The molecule has 0 aliphatic rings. The molecule has 0 amide bonds. The number of ether oxygens (including phenoxy) is 2. The molecule has 0 bridgehead atoms. The molecule has 1 rings (SSSR count). The van der Waals surface area contributed by atoms with Crippen LogP contribution in [0.25, 0.3) is 0 Å². The van der Waals surface area contributed by atoms with Crippen LogP contribution in [-0.2, 0) is 9.47 Å². The molecule has 134 valence electrons. The largest absolute Gasteiger partial charge is 0.381 e. The SMILES string of the molecule is CCCOCCCCN.COC(CCCN)c1ccc(Cl)cc1. The van der Waals surface area contributed by atoms with E-state index in [0.29, 0.717) is 6.54 Å². The third-order valence-electron chi connectivity index (χ3n) is 3.29. The van der Waals surface area contributed by atoms with Gasteiger partial charge in [-0.05, 0) is 62.9 Å².